The van der Waals surface area contributed by atoms with Gasteiger partial charge in [-0.15, -0.1) is 0 Å². The number of allylic oxidation sites excluding steroid dienone is 1. The third-order valence-electron chi connectivity index (χ3n) is 6.93. The summed E-state index contributed by atoms with van der Waals surface area (Å²) in [5.41, 5.74) is 1.64. The number of nitriles is 1. The van der Waals surface area contributed by atoms with Crippen LogP contribution in [-0.4, -0.2) is 28.3 Å². The summed E-state index contributed by atoms with van der Waals surface area (Å²) in [7, 11) is 3.08. The fourth-order valence-corrected chi connectivity index (χ4v) is 5.10. The molecule has 2 aliphatic rings. The number of halogens is 3. The molecule has 1 aliphatic heterocycles. The molecule has 0 bridgehead atoms. The summed E-state index contributed by atoms with van der Waals surface area (Å²) in [4.78, 5) is 41.4. The van der Waals surface area contributed by atoms with Gasteiger partial charge in [0.15, 0.2) is 5.78 Å². The SMILES string of the molecule is CN1C(=O)N(c2cccc(C(F)(F)F)c2)C2=C(C(=O)CC2)[C@H]1c1ccc(C#N)cc1-c1ccc(=O)n(C)c1. The lowest BCUT2D eigenvalue weighted by molar-refractivity contribution is -0.137. The number of Topliss-reactive ketones (excluding diaryl/α,β-unsaturated/α-hetero) is 1. The highest BCUT2D eigenvalue weighted by molar-refractivity contribution is 6.08. The number of carbonyl (C=O) groups excluding carboxylic acids is 2. The number of aryl methyl sites for hydroxylation is 1. The van der Waals surface area contributed by atoms with E-state index in [0.717, 1.165) is 12.1 Å². The molecule has 1 atom stereocenters. The van der Waals surface area contributed by atoms with Crippen molar-refractivity contribution in [3.8, 4) is 17.2 Å². The summed E-state index contributed by atoms with van der Waals surface area (Å²) in [6.07, 6.45) is -2.68. The fourth-order valence-electron chi connectivity index (χ4n) is 5.10. The summed E-state index contributed by atoms with van der Waals surface area (Å²) in [5.74, 6) is -0.211. The van der Waals surface area contributed by atoms with Gasteiger partial charge < -0.3 is 9.47 Å². The highest BCUT2D eigenvalue weighted by Gasteiger charge is 2.45. The maximum Gasteiger partial charge on any atom is 0.416 e. The third-order valence-corrected chi connectivity index (χ3v) is 6.93. The first-order valence-electron chi connectivity index (χ1n) is 11.7. The van der Waals surface area contributed by atoms with Gasteiger partial charge in [0.05, 0.1) is 28.9 Å². The molecule has 38 heavy (non-hydrogen) atoms. The highest BCUT2D eigenvalue weighted by Crippen LogP contribution is 2.47. The zero-order chi connectivity index (χ0) is 27.4. The van der Waals surface area contributed by atoms with Crippen LogP contribution in [0.4, 0.5) is 23.7 Å². The summed E-state index contributed by atoms with van der Waals surface area (Å²) in [5, 5.41) is 9.52. The molecule has 0 spiro atoms. The van der Waals surface area contributed by atoms with Gasteiger partial charge in [0, 0.05) is 44.0 Å². The molecule has 2 heterocycles. The summed E-state index contributed by atoms with van der Waals surface area (Å²) >= 11 is 0. The Balaban J connectivity index is 1.72. The highest BCUT2D eigenvalue weighted by atomic mass is 19.4. The van der Waals surface area contributed by atoms with Gasteiger partial charge in [0.2, 0.25) is 5.56 Å². The largest absolute Gasteiger partial charge is 0.416 e. The number of nitrogens with zero attached hydrogens (tertiary/aromatic N) is 4. The van der Waals surface area contributed by atoms with Crippen molar-refractivity contribution in [2.75, 3.05) is 11.9 Å². The predicted octanol–water partition coefficient (Wildman–Crippen LogP) is 5.17. The Morgan fingerprint density at radius 1 is 0.974 bits per heavy atom. The molecule has 0 saturated carbocycles. The summed E-state index contributed by atoms with van der Waals surface area (Å²) in [6.45, 7) is 0. The van der Waals surface area contributed by atoms with E-state index in [1.54, 1.807) is 37.5 Å². The van der Waals surface area contributed by atoms with E-state index in [-0.39, 0.29) is 29.9 Å². The number of anilines is 1. The van der Waals surface area contributed by atoms with Gasteiger partial charge in [0.1, 0.15) is 0 Å². The van der Waals surface area contributed by atoms with Gasteiger partial charge >= 0.3 is 12.2 Å². The molecule has 5 rings (SSSR count). The minimum atomic E-state index is -4.60. The molecule has 0 radical (unpaired) electrons. The van der Waals surface area contributed by atoms with Gasteiger partial charge in [-0.1, -0.05) is 12.1 Å². The zero-order valence-corrected chi connectivity index (χ0v) is 20.4. The predicted molar refractivity (Wildman–Crippen MR) is 133 cm³/mol. The van der Waals surface area contributed by atoms with Gasteiger partial charge in [-0.3, -0.25) is 14.5 Å². The van der Waals surface area contributed by atoms with Crippen molar-refractivity contribution in [2.45, 2.75) is 25.1 Å². The standard InChI is InChI=1S/C28H21F3N4O3/c1-33-15-17(7-11-24(33)37)21-12-16(14-32)6-8-20(21)26-25-22(9-10-23(25)36)35(27(38)34(26)2)19-5-3-4-18(13-19)28(29,30)31/h3-8,11-13,15,26H,9-10H2,1-2H3/t26-/m1/s1. The second-order valence-corrected chi connectivity index (χ2v) is 9.24. The topological polar surface area (TPSA) is 86.4 Å². The van der Waals surface area contributed by atoms with Crippen LogP contribution in [0.25, 0.3) is 11.1 Å². The van der Waals surface area contributed by atoms with Crippen LogP contribution in [0.2, 0.25) is 0 Å². The van der Waals surface area contributed by atoms with E-state index in [2.05, 4.69) is 6.07 Å². The van der Waals surface area contributed by atoms with Crippen LogP contribution in [-0.2, 0) is 18.0 Å². The van der Waals surface area contributed by atoms with E-state index >= 15 is 0 Å². The number of hydrogen-bond acceptors (Lipinski definition) is 4. The first kappa shape index (κ1) is 25.0. The number of aromatic nitrogens is 1. The van der Waals surface area contributed by atoms with E-state index in [9.17, 15) is 32.8 Å². The Bertz CT molecular complexity index is 1630. The third kappa shape index (κ3) is 4.06. The molecule has 192 valence electrons. The van der Waals surface area contributed by atoms with Crippen molar-refractivity contribution in [1.82, 2.24) is 9.47 Å². The van der Waals surface area contributed by atoms with Crippen molar-refractivity contribution in [2.24, 2.45) is 7.05 Å². The molecule has 10 heteroatoms. The van der Waals surface area contributed by atoms with Gasteiger partial charge in [-0.05, 0) is 59.5 Å². The van der Waals surface area contributed by atoms with E-state index in [1.165, 1.54) is 39.6 Å². The Labute approximate surface area is 215 Å². The number of rotatable bonds is 3. The number of ketones is 1. The van der Waals surface area contributed by atoms with Crippen molar-refractivity contribution in [3.05, 3.63) is 99.1 Å². The van der Waals surface area contributed by atoms with Crippen LogP contribution >= 0.6 is 0 Å². The second-order valence-electron chi connectivity index (χ2n) is 9.24. The number of carbonyl (C=O) groups is 2. The second kappa shape index (κ2) is 9.03. The van der Waals surface area contributed by atoms with Crippen molar-refractivity contribution < 1.29 is 22.8 Å². The minimum Gasteiger partial charge on any atom is -0.318 e. The van der Waals surface area contributed by atoms with Crippen molar-refractivity contribution >= 4 is 17.5 Å². The van der Waals surface area contributed by atoms with E-state index < -0.39 is 23.8 Å². The molecular formula is C28H21F3N4O3. The Hall–Kier alpha value is -4.65. The Kier molecular flexibility index (Phi) is 5.94. The number of likely N-dealkylation sites (N-methyl/N-ethyl adjacent to an activating group) is 1. The van der Waals surface area contributed by atoms with Crippen LogP contribution in [0, 0.1) is 11.3 Å². The van der Waals surface area contributed by atoms with Gasteiger partial charge in [-0.2, -0.15) is 18.4 Å². The number of alkyl halides is 3. The average molecular weight is 518 g/mol. The molecule has 0 fully saturated rings. The van der Waals surface area contributed by atoms with Crippen LogP contribution < -0.4 is 10.5 Å². The quantitative estimate of drug-likeness (QED) is 0.479. The monoisotopic (exact) mass is 518 g/mol. The average Bonchev–Trinajstić information content (AvgIpc) is 3.26. The molecule has 2 amide bonds. The fraction of sp³-hybridized carbons (Fsp3) is 0.214. The summed E-state index contributed by atoms with van der Waals surface area (Å²) in [6, 6.07) is 13.0. The molecule has 0 unspecified atom stereocenters. The molecular weight excluding hydrogens is 497 g/mol. The smallest absolute Gasteiger partial charge is 0.318 e. The van der Waals surface area contributed by atoms with E-state index in [4.69, 9.17) is 0 Å². The number of pyridine rings is 1. The zero-order valence-electron chi connectivity index (χ0n) is 20.4. The normalized spacial score (nSPS) is 17.6. The van der Waals surface area contributed by atoms with E-state index in [1.807, 2.05) is 0 Å². The minimum absolute atomic E-state index is 0.0236. The number of urea groups is 1. The van der Waals surface area contributed by atoms with Crippen LogP contribution in [0.5, 0.6) is 0 Å². The van der Waals surface area contributed by atoms with Crippen molar-refractivity contribution in [1.29, 1.82) is 5.26 Å². The van der Waals surface area contributed by atoms with E-state index in [0.29, 0.717) is 33.5 Å². The number of hydrogen-bond donors (Lipinski definition) is 0. The number of benzene rings is 2. The lowest BCUT2D eigenvalue weighted by atomic mass is 9.87. The van der Waals surface area contributed by atoms with Crippen LogP contribution in [0.1, 0.15) is 35.6 Å². The Morgan fingerprint density at radius 3 is 2.42 bits per heavy atom. The van der Waals surface area contributed by atoms with Gasteiger partial charge in [-0.25, -0.2) is 4.79 Å². The molecule has 3 aromatic rings. The molecule has 2 aromatic carbocycles. The molecule has 1 aromatic heterocycles. The lowest BCUT2D eigenvalue weighted by Crippen LogP contribution is -2.48. The summed E-state index contributed by atoms with van der Waals surface area (Å²) < 4.78 is 41.6. The molecule has 0 saturated heterocycles. The molecule has 1 aliphatic carbocycles. The number of amides is 2. The first-order chi connectivity index (χ1) is 18.0. The molecule has 7 nitrogen and oxygen atoms in total. The molecule has 0 N–H and O–H groups in total. The maximum absolute atomic E-state index is 13.7. The van der Waals surface area contributed by atoms with Crippen LogP contribution in [0.15, 0.2) is 76.9 Å². The van der Waals surface area contributed by atoms with Gasteiger partial charge in [0.25, 0.3) is 0 Å². The first-order valence-corrected chi connectivity index (χ1v) is 11.7. The lowest BCUT2D eigenvalue weighted by Gasteiger charge is -2.41. The Morgan fingerprint density at radius 2 is 1.74 bits per heavy atom. The maximum atomic E-state index is 13.7. The van der Waals surface area contributed by atoms with Crippen LogP contribution in [0.3, 0.4) is 0 Å². The van der Waals surface area contributed by atoms with Crippen molar-refractivity contribution in [3.63, 3.8) is 0 Å².